The van der Waals surface area contributed by atoms with Crippen LogP contribution in [0.5, 0.6) is 0 Å². The summed E-state index contributed by atoms with van der Waals surface area (Å²) in [7, 11) is -7.72. The zero-order valence-electron chi connectivity index (χ0n) is 7.97. The van der Waals surface area contributed by atoms with E-state index in [-0.39, 0.29) is 15.6 Å². The third kappa shape index (κ3) is 2.62. The van der Waals surface area contributed by atoms with Gasteiger partial charge in [-0.3, -0.25) is 0 Å². The molecule has 0 bridgehead atoms. The molecule has 0 atom stereocenters. The van der Waals surface area contributed by atoms with Gasteiger partial charge in [-0.2, -0.15) is 16.8 Å². The van der Waals surface area contributed by atoms with Crippen molar-refractivity contribution >= 4 is 37.3 Å². The van der Waals surface area contributed by atoms with Gasteiger partial charge < -0.3 is 5.73 Å². The molecule has 0 aliphatic carbocycles. The van der Waals surface area contributed by atoms with Crippen LogP contribution in [0, 0.1) is 0 Å². The van der Waals surface area contributed by atoms with Crippen LogP contribution < -0.4 is 16.0 Å². The molecule has 0 unspecified atom stereocenters. The number of anilines is 1. The Labute approximate surface area is 97.3 Å². The molecule has 90 valence electrons. The summed E-state index contributed by atoms with van der Waals surface area (Å²) in [5.41, 5.74) is 5.24. The molecule has 0 aliphatic heterocycles. The number of hydrogen-bond acceptors (Lipinski definition) is 5. The second kappa shape index (κ2) is 3.86. The molecule has 1 aromatic carbocycles. The lowest BCUT2D eigenvalue weighted by atomic mass is 10.3. The van der Waals surface area contributed by atoms with E-state index in [9.17, 15) is 16.8 Å². The predicted octanol–water partition coefficient (Wildman–Crippen LogP) is -2.22. The number of sulfonamides is 2. The minimum Gasteiger partial charge on any atom is -0.397 e. The van der Waals surface area contributed by atoms with E-state index < -0.39 is 24.9 Å². The molecule has 0 saturated heterocycles. The Morgan fingerprint density at radius 1 is 1.00 bits per heavy atom. The second-order valence-corrected chi connectivity index (χ2v) is 6.80. The van der Waals surface area contributed by atoms with Gasteiger partial charge in [-0.1, -0.05) is 11.6 Å². The standard InChI is InChI=1S/C6H8ClN3O4S2/c7-3-1-4(8)6(16(10,13)14)2-5(3)15(9,11)12/h1-2H,8H2,(H2,9,11,12)(H2,10,13,14)/p+2. The normalized spacial score (nSPS) is 12.7. The van der Waals surface area contributed by atoms with Crippen LogP contribution in [0.3, 0.4) is 0 Å². The monoisotopic (exact) mass is 287 g/mol. The first-order valence-electron chi connectivity index (χ1n) is 3.78. The molecule has 0 fully saturated rings. The first kappa shape index (κ1) is 13.2. The van der Waals surface area contributed by atoms with E-state index in [4.69, 9.17) is 17.3 Å². The zero-order chi connectivity index (χ0) is 12.7. The van der Waals surface area contributed by atoms with Gasteiger partial charge in [0.1, 0.15) is 9.79 Å². The quantitative estimate of drug-likeness (QED) is 0.527. The Balaban J connectivity index is 3.72. The van der Waals surface area contributed by atoms with E-state index in [1.54, 1.807) is 0 Å². The third-order valence-corrected chi connectivity index (χ3v) is 4.19. The fraction of sp³-hybridized carbons (Fsp3) is 0. The molecule has 1 rings (SSSR count). The van der Waals surface area contributed by atoms with Crippen molar-refractivity contribution in [1.82, 2.24) is 0 Å². The van der Waals surface area contributed by atoms with Crippen LogP contribution in [0.15, 0.2) is 21.9 Å². The van der Waals surface area contributed by atoms with E-state index in [0.717, 1.165) is 12.1 Å². The van der Waals surface area contributed by atoms with Crippen LogP contribution in [0.1, 0.15) is 0 Å². The maximum atomic E-state index is 11.2. The molecule has 7 nitrogen and oxygen atoms in total. The van der Waals surface area contributed by atoms with E-state index in [2.05, 4.69) is 10.3 Å². The first-order valence-corrected chi connectivity index (χ1v) is 7.47. The van der Waals surface area contributed by atoms with Crippen molar-refractivity contribution in [2.24, 2.45) is 0 Å². The van der Waals surface area contributed by atoms with Crippen molar-refractivity contribution in [1.29, 1.82) is 0 Å². The summed E-state index contributed by atoms with van der Waals surface area (Å²) in [6, 6.07) is 1.89. The summed E-state index contributed by atoms with van der Waals surface area (Å²) in [4.78, 5) is -0.787. The van der Waals surface area contributed by atoms with Gasteiger partial charge in [0.25, 0.3) is 0 Å². The van der Waals surface area contributed by atoms with E-state index >= 15 is 0 Å². The minimum absolute atomic E-state index is 0.160. The van der Waals surface area contributed by atoms with Crippen molar-refractivity contribution < 1.29 is 27.1 Å². The van der Waals surface area contributed by atoms with Gasteiger partial charge in [0, 0.05) is 0 Å². The van der Waals surface area contributed by atoms with Gasteiger partial charge in [0.05, 0.1) is 10.7 Å². The van der Waals surface area contributed by atoms with Gasteiger partial charge in [0.15, 0.2) is 0 Å². The maximum absolute atomic E-state index is 11.2. The second-order valence-electron chi connectivity index (χ2n) is 3.05. The molecule has 0 amide bonds. The van der Waals surface area contributed by atoms with E-state index in [0.29, 0.717) is 0 Å². The minimum atomic E-state index is -3.86. The lowest BCUT2D eigenvalue weighted by molar-refractivity contribution is -0.165. The van der Waals surface area contributed by atoms with Crippen LogP contribution >= 0.6 is 11.6 Å². The maximum Gasteiger partial charge on any atom is 0.324 e. The van der Waals surface area contributed by atoms with Gasteiger partial charge >= 0.3 is 20.0 Å². The summed E-state index contributed by atoms with van der Waals surface area (Å²) in [5, 5.41) is 5.59. The van der Waals surface area contributed by atoms with E-state index in [1.807, 2.05) is 0 Å². The molecule has 10 heteroatoms. The van der Waals surface area contributed by atoms with E-state index in [1.165, 1.54) is 0 Å². The summed E-state index contributed by atoms with van der Waals surface area (Å²) in [6.45, 7) is 0. The Kier molecular flexibility index (Phi) is 3.18. The van der Waals surface area contributed by atoms with Gasteiger partial charge in [-0.05, 0) is 12.1 Å². The molecular weight excluding hydrogens is 278 g/mol. The predicted molar refractivity (Wildman–Crippen MR) is 56.0 cm³/mol. The summed E-state index contributed by atoms with van der Waals surface area (Å²) in [6.07, 6.45) is 0. The third-order valence-electron chi connectivity index (χ3n) is 1.73. The fourth-order valence-corrected chi connectivity index (χ4v) is 3.03. The van der Waals surface area contributed by atoms with Crippen LogP contribution in [0.25, 0.3) is 0 Å². The molecule has 0 heterocycles. The Bertz CT molecular complexity index is 585. The number of quaternary nitrogens is 2. The zero-order valence-corrected chi connectivity index (χ0v) is 10.4. The highest BCUT2D eigenvalue weighted by atomic mass is 35.5. The lowest BCUT2D eigenvalue weighted by Gasteiger charge is -2.04. The SMILES string of the molecule is Nc1cc(Cl)c(S([NH3+])(=O)=O)cc1S([NH3+])(=O)=O. The smallest absolute Gasteiger partial charge is 0.324 e. The highest BCUT2D eigenvalue weighted by molar-refractivity contribution is 7.85. The molecule has 0 saturated carbocycles. The van der Waals surface area contributed by atoms with Crippen molar-refractivity contribution in [2.45, 2.75) is 9.79 Å². The Morgan fingerprint density at radius 3 is 1.81 bits per heavy atom. The summed E-state index contributed by atoms with van der Waals surface area (Å²) in [5.74, 6) is 0. The molecule has 0 radical (unpaired) electrons. The molecule has 16 heavy (non-hydrogen) atoms. The Hall–Kier alpha value is -0.870. The molecule has 1 aromatic rings. The number of nitrogens with two attached hydrogens (primary N) is 1. The number of benzene rings is 1. The van der Waals surface area contributed by atoms with Gasteiger partial charge in [0.2, 0.25) is 0 Å². The summed E-state index contributed by atoms with van der Waals surface area (Å²) < 4.78 is 44.8. The fourth-order valence-electron chi connectivity index (χ4n) is 1.06. The van der Waals surface area contributed by atoms with Crippen molar-refractivity contribution in [3.8, 4) is 0 Å². The Morgan fingerprint density at radius 2 is 1.44 bits per heavy atom. The van der Waals surface area contributed by atoms with Gasteiger partial charge in [-0.25, -0.2) is 10.3 Å². The molecule has 0 aromatic heterocycles. The first-order chi connectivity index (χ1) is 7.03. The number of rotatable bonds is 2. The van der Waals surface area contributed by atoms with Gasteiger partial charge in [-0.15, -0.1) is 0 Å². The highest BCUT2D eigenvalue weighted by Crippen LogP contribution is 2.27. The van der Waals surface area contributed by atoms with Crippen LogP contribution in [-0.2, 0) is 20.0 Å². The molecule has 0 aliphatic rings. The number of halogens is 1. The highest BCUT2D eigenvalue weighted by Gasteiger charge is 2.24. The lowest BCUT2D eigenvalue weighted by Crippen LogP contribution is -2.57. The van der Waals surface area contributed by atoms with Crippen molar-refractivity contribution in [2.75, 3.05) is 5.73 Å². The molecular formula is C6H10ClN3O4S2+2. The number of nitrogen functional groups attached to an aromatic ring is 1. The topological polar surface area (TPSA) is 150 Å². The van der Waals surface area contributed by atoms with Crippen LogP contribution in [0.4, 0.5) is 5.69 Å². The van der Waals surface area contributed by atoms with Crippen molar-refractivity contribution in [3.63, 3.8) is 0 Å². The number of hydrogen-bond donors (Lipinski definition) is 3. The average Bonchev–Trinajstić information content (AvgIpc) is 1.97. The molecule has 8 N–H and O–H groups in total. The van der Waals surface area contributed by atoms with Crippen LogP contribution in [0.2, 0.25) is 5.02 Å². The average molecular weight is 288 g/mol. The largest absolute Gasteiger partial charge is 0.397 e. The van der Waals surface area contributed by atoms with Crippen LogP contribution in [-0.4, -0.2) is 16.8 Å². The summed E-state index contributed by atoms with van der Waals surface area (Å²) >= 11 is 5.62. The molecule has 0 spiro atoms. The van der Waals surface area contributed by atoms with Crippen molar-refractivity contribution in [3.05, 3.63) is 17.2 Å².